The van der Waals surface area contributed by atoms with Gasteiger partial charge in [0.2, 0.25) is 0 Å². The standard InChI is InChI=1S/C11H13ClF4N2/c1-2-3-18(6-11(14,15)16)10-5-8(13)7(12)4-9(10)17/h4-5H,2-3,6,17H2,1H3. The smallest absolute Gasteiger partial charge is 0.397 e. The zero-order valence-electron chi connectivity index (χ0n) is 9.69. The molecule has 0 amide bonds. The summed E-state index contributed by atoms with van der Waals surface area (Å²) < 4.78 is 50.6. The van der Waals surface area contributed by atoms with E-state index in [2.05, 4.69) is 0 Å². The fraction of sp³-hybridized carbons (Fsp3) is 0.455. The van der Waals surface area contributed by atoms with Gasteiger partial charge in [-0.2, -0.15) is 13.2 Å². The molecule has 0 fully saturated rings. The van der Waals surface area contributed by atoms with E-state index in [1.54, 1.807) is 6.92 Å². The van der Waals surface area contributed by atoms with Gasteiger partial charge < -0.3 is 10.6 Å². The molecule has 0 saturated heterocycles. The average Bonchev–Trinajstić information content (AvgIpc) is 2.21. The Kier molecular flexibility index (Phi) is 4.67. The van der Waals surface area contributed by atoms with Gasteiger partial charge in [-0.15, -0.1) is 0 Å². The van der Waals surface area contributed by atoms with E-state index in [0.29, 0.717) is 6.42 Å². The average molecular weight is 285 g/mol. The highest BCUT2D eigenvalue weighted by Gasteiger charge is 2.31. The van der Waals surface area contributed by atoms with Gasteiger partial charge in [-0.25, -0.2) is 4.39 Å². The second-order valence-corrected chi connectivity index (χ2v) is 4.27. The highest BCUT2D eigenvalue weighted by atomic mass is 35.5. The molecule has 7 heteroatoms. The molecule has 1 aromatic carbocycles. The van der Waals surface area contributed by atoms with Crippen molar-refractivity contribution in [1.82, 2.24) is 0 Å². The lowest BCUT2D eigenvalue weighted by atomic mass is 10.2. The Labute approximate surface area is 107 Å². The van der Waals surface area contributed by atoms with Crippen molar-refractivity contribution in [1.29, 1.82) is 0 Å². The van der Waals surface area contributed by atoms with Crippen LogP contribution in [0.4, 0.5) is 28.9 Å². The van der Waals surface area contributed by atoms with E-state index >= 15 is 0 Å². The van der Waals surface area contributed by atoms with E-state index in [0.717, 1.165) is 17.0 Å². The predicted octanol–water partition coefficient (Wildman–Crippen LogP) is 3.84. The van der Waals surface area contributed by atoms with Crippen molar-refractivity contribution in [3.63, 3.8) is 0 Å². The van der Waals surface area contributed by atoms with Crippen LogP contribution >= 0.6 is 11.6 Å². The Balaban J connectivity index is 3.09. The first-order chi connectivity index (χ1) is 8.24. The summed E-state index contributed by atoms with van der Waals surface area (Å²) in [5, 5.41) is -0.209. The van der Waals surface area contributed by atoms with Crippen LogP contribution in [0.3, 0.4) is 0 Å². The number of hydrogen-bond acceptors (Lipinski definition) is 2. The minimum absolute atomic E-state index is 0.0103. The fourth-order valence-corrected chi connectivity index (χ4v) is 1.77. The van der Waals surface area contributed by atoms with E-state index in [4.69, 9.17) is 17.3 Å². The van der Waals surface area contributed by atoms with Crippen LogP contribution in [0.2, 0.25) is 5.02 Å². The van der Waals surface area contributed by atoms with Crippen LogP contribution in [0.15, 0.2) is 12.1 Å². The summed E-state index contributed by atoms with van der Waals surface area (Å²) in [5.41, 5.74) is 5.62. The molecule has 0 saturated carbocycles. The molecule has 0 aromatic heterocycles. The number of alkyl halides is 3. The van der Waals surface area contributed by atoms with Crippen LogP contribution in [0, 0.1) is 5.82 Å². The van der Waals surface area contributed by atoms with Crippen molar-refractivity contribution in [2.45, 2.75) is 19.5 Å². The van der Waals surface area contributed by atoms with Gasteiger partial charge in [-0.1, -0.05) is 18.5 Å². The molecule has 1 aromatic rings. The number of rotatable bonds is 4. The molecule has 18 heavy (non-hydrogen) atoms. The van der Waals surface area contributed by atoms with Crippen molar-refractivity contribution >= 4 is 23.0 Å². The number of nitrogens with two attached hydrogens (primary N) is 1. The first-order valence-corrected chi connectivity index (χ1v) is 5.68. The quantitative estimate of drug-likeness (QED) is 0.672. The van der Waals surface area contributed by atoms with Crippen molar-refractivity contribution < 1.29 is 17.6 Å². The molecule has 0 spiro atoms. The van der Waals surface area contributed by atoms with Gasteiger partial charge in [0.05, 0.1) is 16.4 Å². The summed E-state index contributed by atoms with van der Waals surface area (Å²) in [7, 11) is 0. The monoisotopic (exact) mass is 284 g/mol. The molecule has 0 radical (unpaired) electrons. The molecule has 102 valence electrons. The Hall–Kier alpha value is -1.17. The van der Waals surface area contributed by atoms with Gasteiger partial charge in [0.1, 0.15) is 12.4 Å². The number of hydrogen-bond donors (Lipinski definition) is 1. The Morgan fingerprint density at radius 1 is 1.33 bits per heavy atom. The molecule has 0 aliphatic rings. The molecule has 0 heterocycles. The van der Waals surface area contributed by atoms with Gasteiger partial charge in [-0.3, -0.25) is 0 Å². The number of nitrogen functional groups attached to an aromatic ring is 1. The van der Waals surface area contributed by atoms with E-state index < -0.39 is 18.5 Å². The molecule has 0 atom stereocenters. The Morgan fingerprint density at radius 3 is 2.44 bits per heavy atom. The lowest BCUT2D eigenvalue weighted by molar-refractivity contribution is -0.119. The van der Waals surface area contributed by atoms with Crippen LogP contribution < -0.4 is 10.6 Å². The highest BCUT2D eigenvalue weighted by Crippen LogP contribution is 2.31. The minimum atomic E-state index is -4.38. The molecule has 2 nitrogen and oxygen atoms in total. The van der Waals surface area contributed by atoms with E-state index in [9.17, 15) is 17.6 Å². The lowest BCUT2D eigenvalue weighted by Crippen LogP contribution is -2.35. The fourth-order valence-electron chi connectivity index (χ4n) is 1.60. The normalized spacial score (nSPS) is 11.7. The molecule has 1 rings (SSSR count). The predicted molar refractivity (Wildman–Crippen MR) is 64.4 cm³/mol. The number of anilines is 2. The third-order valence-electron chi connectivity index (χ3n) is 2.27. The maximum atomic E-state index is 13.3. The van der Waals surface area contributed by atoms with Crippen molar-refractivity contribution in [3.8, 4) is 0 Å². The van der Waals surface area contributed by atoms with Gasteiger partial charge in [0.25, 0.3) is 0 Å². The summed E-state index contributed by atoms with van der Waals surface area (Å²) in [4.78, 5) is 0.995. The first-order valence-electron chi connectivity index (χ1n) is 5.31. The second-order valence-electron chi connectivity index (χ2n) is 3.86. The van der Waals surface area contributed by atoms with Gasteiger partial charge in [0, 0.05) is 12.6 Å². The third-order valence-corrected chi connectivity index (χ3v) is 2.56. The van der Waals surface area contributed by atoms with Gasteiger partial charge in [-0.05, 0) is 12.5 Å². The molecular formula is C11H13ClF4N2. The molecule has 0 aliphatic heterocycles. The Bertz CT molecular complexity index is 420. The summed E-state index contributed by atoms with van der Waals surface area (Å²) in [5.74, 6) is -0.788. The highest BCUT2D eigenvalue weighted by molar-refractivity contribution is 6.31. The van der Waals surface area contributed by atoms with Crippen molar-refractivity contribution in [2.75, 3.05) is 23.7 Å². The summed E-state index contributed by atoms with van der Waals surface area (Å²) in [6, 6.07) is 2.05. The van der Waals surface area contributed by atoms with Crippen LogP contribution in [-0.4, -0.2) is 19.3 Å². The largest absolute Gasteiger partial charge is 0.405 e. The third kappa shape index (κ3) is 3.94. The van der Waals surface area contributed by atoms with E-state index in [1.807, 2.05) is 0 Å². The number of benzene rings is 1. The van der Waals surface area contributed by atoms with Gasteiger partial charge in [0.15, 0.2) is 0 Å². The number of nitrogens with zero attached hydrogens (tertiary/aromatic N) is 1. The van der Waals surface area contributed by atoms with Crippen LogP contribution in [0.5, 0.6) is 0 Å². The second kappa shape index (κ2) is 5.65. The maximum Gasteiger partial charge on any atom is 0.405 e. The molecule has 0 bridgehead atoms. The van der Waals surface area contributed by atoms with Crippen molar-refractivity contribution in [2.24, 2.45) is 0 Å². The zero-order valence-corrected chi connectivity index (χ0v) is 10.4. The SMILES string of the molecule is CCCN(CC(F)(F)F)c1cc(F)c(Cl)cc1N. The van der Waals surface area contributed by atoms with Gasteiger partial charge >= 0.3 is 6.18 Å². The molecular weight excluding hydrogens is 272 g/mol. The summed E-state index contributed by atoms with van der Waals surface area (Å²) >= 11 is 5.51. The Morgan fingerprint density at radius 2 is 1.94 bits per heavy atom. The zero-order chi connectivity index (χ0) is 13.9. The van der Waals surface area contributed by atoms with E-state index in [-0.39, 0.29) is 22.9 Å². The lowest BCUT2D eigenvalue weighted by Gasteiger charge is -2.26. The first kappa shape index (κ1) is 14.9. The molecule has 0 aliphatic carbocycles. The van der Waals surface area contributed by atoms with Crippen LogP contribution in [0.25, 0.3) is 0 Å². The topological polar surface area (TPSA) is 29.3 Å². The molecule has 0 unspecified atom stereocenters. The number of halogens is 5. The van der Waals surface area contributed by atoms with E-state index in [1.165, 1.54) is 0 Å². The summed E-state index contributed by atoms with van der Waals surface area (Å²) in [6.07, 6.45) is -3.89. The van der Waals surface area contributed by atoms with Crippen LogP contribution in [0.1, 0.15) is 13.3 Å². The molecule has 2 N–H and O–H groups in total. The van der Waals surface area contributed by atoms with Crippen LogP contribution in [-0.2, 0) is 0 Å². The maximum absolute atomic E-state index is 13.3. The van der Waals surface area contributed by atoms with Crippen molar-refractivity contribution in [3.05, 3.63) is 23.0 Å². The minimum Gasteiger partial charge on any atom is -0.397 e. The summed E-state index contributed by atoms with van der Waals surface area (Å²) in [6.45, 7) is 0.683.